The molecule has 2 fully saturated rings. The summed E-state index contributed by atoms with van der Waals surface area (Å²) in [5, 5.41) is 0. The third-order valence-electron chi connectivity index (χ3n) is 4.81. The van der Waals surface area contributed by atoms with Crippen LogP contribution in [0.3, 0.4) is 0 Å². The molecule has 4 atom stereocenters. The topological polar surface area (TPSA) is 55.6 Å². The van der Waals surface area contributed by atoms with Gasteiger partial charge in [-0.1, -0.05) is 13.3 Å². The van der Waals surface area contributed by atoms with Crippen molar-refractivity contribution in [2.45, 2.75) is 57.6 Å². The maximum Gasteiger partial charge on any atom is 0.225 e. The molecule has 2 N–H and O–H groups in total. The van der Waals surface area contributed by atoms with E-state index in [-0.39, 0.29) is 24.0 Å². The van der Waals surface area contributed by atoms with Gasteiger partial charge in [-0.2, -0.15) is 0 Å². The largest absolute Gasteiger partial charge is 0.376 e. The number of likely N-dealkylation sites (N-methyl/N-ethyl adjacent to an activating group) is 1. The number of nitrogens with two attached hydrogens (primary N) is 1. The molecule has 4 heteroatoms. The van der Waals surface area contributed by atoms with Crippen molar-refractivity contribution < 1.29 is 9.53 Å². The minimum atomic E-state index is 0.109. The minimum absolute atomic E-state index is 0.109. The van der Waals surface area contributed by atoms with E-state index in [1.165, 1.54) is 6.42 Å². The quantitative estimate of drug-likeness (QED) is 0.849. The molecule has 0 spiro atoms. The fraction of sp³-hybridized carbons (Fsp3) is 0.933. The highest BCUT2D eigenvalue weighted by Crippen LogP contribution is 2.30. The Balaban J connectivity index is 1.86. The number of carbonyl (C=O) groups is 1. The zero-order valence-corrected chi connectivity index (χ0v) is 12.3. The van der Waals surface area contributed by atoms with Crippen LogP contribution < -0.4 is 5.73 Å². The van der Waals surface area contributed by atoms with E-state index >= 15 is 0 Å². The molecule has 1 heterocycles. The summed E-state index contributed by atoms with van der Waals surface area (Å²) < 4.78 is 5.72. The summed E-state index contributed by atoms with van der Waals surface area (Å²) in [5.74, 6) is 0.671. The van der Waals surface area contributed by atoms with E-state index in [2.05, 4.69) is 6.92 Å². The summed E-state index contributed by atoms with van der Waals surface area (Å²) in [6.45, 7) is 3.70. The summed E-state index contributed by atoms with van der Waals surface area (Å²) in [6, 6.07) is 0.182. The van der Waals surface area contributed by atoms with Crippen molar-refractivity contribution in [1.82, 2.24) is 4.90 Å². The Bertz CT molecular complexity index is 303. The number of amides is 1. The van der Waals surface area contributed by atoms with E-state index in [1.54, 1.807) is 0 Å². The Morgan fingerprint density at radius 1 is 1.26 bits per heavy atom. The van der Waals surface area contributed by atoms with Gasteiger partial charge in [-0.25, -0.2) is 0 Å². The molecule has 0 aromatic carbocycles. The highest BCUT2D eigenvalue weighted by Gasteiger charge is 2.34. The van der Waals surface area contributed by atoms with E-state index in [4.69, 9.17) is 10.5 Å². The van der Waals surface area contributed by atoms with Crippen LogP contribution in [0.2, 0.25) is 0 Å². The minimum Gasteiger partial charge on any atom is -0.376 e. The molecule has 1 saturated carbocycles. The van der Waals surface area contributed by atoms with Crippen molar-refractivity contribution in [3.63, 3.8) is 0 Å². The second-order valence-electron chi connectivity index (χ2n) is 6.27. The monoisotopic (exact) mass is 268 g/mol. The van der Waals surface area contributed by atoms with Gasteiger partial charge in [-0.3, -0.25) is 4.79 Å². The second-order valence-corrected chi connectivity index (χ2v) is 6.27. The van der Waals surface area contributed by atoms with Crippen LogP contribution >= 0.6 is 0 Å². The Morgan fingerprint density at radius 2 is 2.05 bits per heavy atom. The van der Waals surface area contributed by atoms with Gasteiger partial charge >= 0.3 is 0 Å². The van der Waals surface area contributed by atoms with Gasteiger partial charge < -0.3 is 15.4 Å². The Kier molecular flexibility index (Phi) is 5.22. The molecule has 1 aliphatic heterocycles. The van der Waals surface area contributed by atoms with Gasteiger partial charge in [0.2, 0.25) is 5.91 Å². The van der Waals surface area contributed by atoms with Crippen LogP contribution in [0.1, 0.15) is 45.4 Å². The summed E-state index contributed by atoms with van der Waals surface area (Å²) in [7, 11) is 1.91. The molecule has 2 rings (SSSR count). The summed E-state index contributed by atoms with van der Waals surface area (Å²) >= 11 is 0. The molecular weight excluding hydrogens is 240 g/mol. The number of hydrogen-bond acceptors (Lipinski definition) is 3. The molecule has 19 heavy (non-hydrogen) atoms. The molecule has 1 amide bonds. The number of rotatable bonds is 3. The van der Waals surface area contributed by atoms with Crippen LogP contribution in [0.15, 0.2) is 0 Å². The number of carbonyl (C=O) groups excluding carboxylic acids is 1. The van der Waals surface area contributed by atoms with Crippen LogP contribution in [-0.2, 0) is 9.53 Å². The maximum absolute atomic E-state index is 12.5. The molecule has 0 aromatic rings. The first-order valence-corrected chi connectivity index (χ1v) is 7.71. The van der Waals surface area contributed by atoms with Crippen molar-refractivity contribution in [2.75, 3.05) is 20.2 Å². The average molecular weight is 268 g/mol. The van der Waals surface area contributed by atoms with Gasteiger partial charge in [0.25, 0.3) is 0 Å². The zero-order valence-electron chi connectivity index (χ0n) is 12.3. The van der Waals surface area contributed by atoms with Gasteiger partial charge in [0.05, 0.1) is 6.10 Å². The van der Waals surface area contributed by atoms with Crippen molar-refractivity contribution >= 4 is 5.91 Å². The predicted molar refractivity (Wildman–Crippen MR) is 75.7 cm³/mol. The van der Waals surface area contributed by atoms with Crippen LogP contribution in [-0.4, -0.2) is 43.2 Å². The van der Waals surface area contributed by atoms with Crippen molar-refractivity contribution in [3.05, 3.63) is 0 Å². The lowest BCUT2D eigenvalue weighted by atomic mass is 9.76. The van der Waals surface area contributed by atoms with Crippen LogP contribution in [0.5, 0.6) is 0 Å². The van der Waals surface area contributed by atoms with Crippen molar-refractivity contribution in [3.8, 4) is 0 Å². The predicted octanol–water partition coefficient (Wildman–Crippen LogP) is 1.78. The van der Waals surface area contributed by atoms with Gasteiger partial charge in [0.15, 0.2) is 0 Å². The van der Waals surface area contributed by atoms with E-state index in [0.29, 0.717) is 5.92 Å². The Labute approximate surface area is 116 Å². The lowest BCUT2D eigenvalue weighted by Crippen LogP contribution is -2.46. The molecule has 2 aliphatic rings. The first kappa shape index (κ1) is 14.8. The van der Waals surface area contributed by atoms with Crippen LogP contribution in [0.25, 0.3) is 0 Å². The third kappa shape index (κ3) is 3.69. The molecule has 1 aliphatic carbocycles. The SMILES string of the molecule is CC1C(N)CCCC1C(=O)N(C)CC1CCCCO1. The number of nitrogens with zero attached hydrogens (tertiary/aromatic N) is 1. The van der Waals surface area contributed by atoms with Gasteiger partial charge in [0.1, 0.15) is 0 Å². The third-order valence-corrected chi connectivity index (χ3v) is 4.81. The molecule has 4 unspecified atom stereocenters. The molecule has 1 saturated heterocycles. The lowest BCUT2D eigenvalue weighted by molar-refractivity contribution is -0.139. The highest BCUT2D eigenvalue weighted by molar-refractivity contribution is 5.79. The van der Waals surface area contributed by atoms with E-state index in [1.807, 2.05) is 11.9 Å². The molecule has 110 valence electrons. The fourth-order valence-corrected chi connectivity index (χ4v) is 3.38. The number of hydrogen-bond donors (Lipinski definition) is 1. The van der Waals surface area contributed by atoms with E-state index < -0.39 is 0 Å². The smallest absolute Gasteiger partial charge is 0.225 e. The standard InChI is InChI=1S/C15H28N2O2/c1-11-13(7-5-8-14(11)16)15(18)17(2)10-12-6-3-4-9-19-12/h11-14H,3-10,16H2,1-2H3. The molecule has 4 nitrogen and oxygen atoms in total. The summed E-state index contributed by atoms with van der Waals surface area (Å²) in [6.07, 6.45) is 6.81. The highest BCUT2D eigenvalue weighted by atomic mass is 16.5. The summed E-state index contributed by atoms with van der Waals surface area (Å²) in [4.78, 5) is 14.4. The Hall–Kier alpha value is -0.610. The fourth-order valence-electron chi connectivity index (χ4n) is 3.38. The van der Waals surface area contributed by atoms with Crippen LogP contribution in [0.4, 0.5) is 0 Å². The molecule has 0 radical (unpaired) electrons. The van der Waals surface area contributed by atoms with E-state index in [9.17, 15) is 4.79 Å². The zero-order chi connectivity index (χ0) is 13.8. The van der Waals surface area contributed by atoms with Gasteiger partial charge in [-0.05, 0) is 38.0 Å². The normalized spacial score (nSPS) is 35.9. The van der Waals surface area contributed by atoms with Crippen molar-refractivity contribution in [1.29, 1.82) is 0 Å². The van der Waals surface area contributed by atoms with Gasteiger partial charge in [0, 0.05) is 32.2 Å². The second kappa shape index (κ2) is 6.71. The first-order chi connectivity index (χ1) is 9.09. The first-order valence-electron chi connectivity index (χ1n) is 7.71. The number of ether oxygens (including phenoxy) is 1. The van der Waals surface area contributed by atoms with Gasteiger partial charge in [-0.15, -0.1) is 0 Å². The Morgan fingerprint density at radius 3 is 2.74 bits per heavy atom. The lowest BCUT2D eigenvalue weighted by Gasteiger charge is -2.36. The maximum atomic E-state index is 12.5. The van der Waals surface area contributed by atoms with Crippen molar-refractivity contribution in [2.24, 2.45) is 17.6 Å². The molecular formula is C15H28N2O2. The van der Waals surface area contributed by atoms with Crippen LogP contribution in [0, 0.1) is 11.8 Å². The van der Waals surface area contributed by atoms with E-state index in [0.717, 1.165) is 45.3 Å². The molecule has 0 bridgehead atoms. The molecule has 0 aromatic heterocycles. The summed E-state index contributed by atoms with van der Waals surface area (Å²) in [5.41, 5.74) is 6.10. The average Bonchev–Trinajstić information content (AvgIpc) is 2.42.